The molecular formula is C16H30N2O2. The molecule has 1 unspecified atom stereocenters. The molecule has 116 valence electrons. The van der Waals surface area contributed by atoms with Crippen LogP contribution in [0, 0.1) is 5.92 Å². The number of nitrogens with zero attached hydrogens (tertiary/aromatic N) is 1. The van der Waals surface area contributed by atoms with E-state index in [0.717, 1.165) is 19.4 Å². The molecule has 1 atom stereocenters. The summed E-state index contributed by atoms with van der Waals surface area (Å²) in [6.45, 7) is 9.25. The van der Waals surface area contributed by atoms with Gasteiger partial charge in [-0.15, -0.1) is 0 Å². The van der Waals surface area contributed by atoms with Gasteiger partial charge in [0.2, 0.25) is 11.8 Å². The molecule has 1 saturated heterocycles. The molecule has 1 fully saturated rings. The van der Waals surface area contributed by atoms with E-state index >= 15 is 0 Å². The highest BCUT2D eigenvalue weighted by molar-refractivity contribution is 5.97. The first-order valence-corrected chi connectivity index (χ1v) is 8.13. The normalized spacial score (nSPS) is 19.9. The lowest BCUT2D eigenvalue weighted by atomic mass is 9.88. The summed E-state index contributed by atoms with van der Waals surface area (Å²) in [5.74, 6) is 0.604. The smallest absolute Gasteiger partial charge is 0.248 e. The second-order valence-corrected chi connectivity index (χ2v) is 5.94. The first-order chi connectivity index (χ1) is 9.52. The number of piperazine rings is 1. The predicted octanol–water partition coefficient (Wildman–Crippen LogP) is 2.72. The zero-order chi connectivity index (χ0) is 15.2. The van der Waals surface area contributed by atoms with E-state index in [0.29, 0.717) is 18.8 Å². The fourth-order valence-corrected chi connectivity index (χ4v) is 3.01. The Morgan fingerprint density at radius 2 is 1.85 bits per heavy atom. The molecule has 0 aliphatic carbocycles. The molecule has 1 aliphatic rings. The van der Waals surface area contributed by atoms with Crippen LogP contribution in [0.3, 0.4) is 0 Å². The molecule has 0 aromatic rings. The standard InChI is InChI=1S/C16H30N2O2/c1-5-9-10-13(6-2)11-18-12-14(19)17-16(7-3,8-4)15(18)20/h13H,5-12H2,1-4H3,(H,17,19). The van der Waals surface area contributed by atoms with Gasteiger partial charge < -0.3 is 10.2 Å². The number of carbonyl (C=O) groups excluding carboxylic acids is 2. The van der Waals surface area contributed by atoms with Crippen molar-refractivity contribution >= 4 is 11.8 Å². The van der Waals surface area contributed by atoms with Crippen molar-refractivity contribution in [2.45, 2.75) is 71.8 Å². The SMILES string of the molecule is CCCCC(CC)CN1CC(=O)NC(CC)(CC)C1=O. The summed E-state index contributed by atoms with van der Waals surface area (Å²) in [5.41, 5.74) is -0.668. The third-order valence-electron chi connectivity index (χ3n) is 4.64. The van der Waals surface area contributed by atoms with E-state index in [1.165, 1.54) is 12.8 Å². The molecule has 0 saturated carbocycles. The summed E-state index contributed by atoms with van der Waals surface area (Å²) in [6, 6.07) is 0. The van der Waals surface area contributed by atoms with Crippen LogP contribution < -0.4 is 5.32 Å². The van der Waals surface area contributed by atoms with Crippen molar-refractivity contribution in [1.82, 2.24) is 10.2 Å². The van der Waals surface area contributed by atoms with Crippen LogP contribution >= 0.6 is 0 Å². The van der Waals surface area contributed by atoms with Gasteiger partial charge in [-0.3, -0.25) is 9.59 Å². The van der Waals surface area contributed by atoms with Crippen molar-refractivity contribution in [3.63, 3.8) is 0 Å². The molecule has 1 aliphatic heterocycles. The average molecular weight is 282 g/mol. The Morgan fingerprint density at radius 3 is 2.35 bits per heavy atom. The fraction of sp³-hybridized carbons (Fsp3) is 0.875. The Balaban J connectivity index is 2.77. The van der Waals surface area contributed by atoms with Crippen LogP contribution in [0.5, 0.6) is 0 Å². The van der Waals surface area contributed by atoms with Crippen molar-refractivity contribution in [3.8, 4) is 0 Å². The van der Waals surface area contributed by atoms with Gasteiger partial charge in [-0.2, -0.15) is 0 Å². The minimum Gasteiger partial charge on any atom is -0.340 e. The minimum absolute atomic E-state index is 0.0151. The van der Waals surface area contributed by atoms with Crippen LogP contribution in [0.2, 0.25) is 0 Å². The molecule has 1 rings (SSSR count). The van der Waals surface area contributed by atoms with Gasteiger partial charge >= 0.3 is 0 Å². The molecular weight excluding hydrogens is 252 g/mol. The first-order valence-electron chi connectivity index (χ1n) is 8.13. The maximum atomic E-state index is 12.7. The number of carbonyl (C=O) groups is 2. The molecule has 1 N–H and O–H groups in total. The van der Waals surface area contributed by atoms with Gasteiger partial charge in [-0.05, 0) is 25.2 Å². The van der Waals surface area contributed by atoms with Gasteiger partial charge in [0.25, 0.3) is 0 Å². The van der Waals surface area contributed by atoms with E-state index in [9.17, 15) is 9.59 Å². The van der Waals surface area contributed by atoms with E-state index < -0.39 is 5.54 Å². The molecule has 0 bridgehead atoms. The zero-order valence-corrected chi connectivity index (χ0v) is 13.5. The molecule has 1 heterocycles. The minimum atomic E-state index is -0.668. The van der Waals surface area contributed by atoms with Gasteiger partial charge in [0.1, 0.15) is 5.54 Å². The third kappa shape index (κ3) is 3.74. The van der Waals surface area contributed by atoms with Crippen LogP contribution in [0.1, 0.15) is 66.2 Å². The molecule has 4 heteroatoms. The summed E-state index contributed by atoms with van der Waals surface area (Å²) in [6.07, 6.45) is 5.91. The second-order valence-electron chi connectivity index (χ2n) is 5.94. The molecule has 2 amide bonds. The van der Waals surface area contributed by atoms with Crippen LogP contribution in [0.4, 0.5) is 0 Å². The maximum Gasteiger partial charge on any atom is 0.248 e. The summed E-state index contributed by atoms with van der Waals surface area (Å²) >= 11 is 0. The summed E-state index contributed by atoms with van der Waals surface area (Å²) in [7, 11) is 0. The Labute approximate surface area is 123 Å². The van der Waals surface area contributed by atoms with E-state index in [1.807, 2.05) is 13.8 Å². The number of amides is 2. The van der Waals surface area contributed by atoms with Gasteiger partial charge in [0.15, 0.2) is 0 Å². The quantitative estimate of drug-likeness (QED) is 0.744. The highest BCUT2D eigenvalue weighted by Gasteiger charge is 2.44. The Morgan fingerprint density at radius 1 is 1.20 bits per heavy atom. The lowest BCUT2D eigenvalue weighted by molar-refractivity contribution is -0.151. The van der Waals surface area contributed by atoms with Crippen molar-refractivity contribution in [1.29, 1.82) is 0 Å². The lowest BCUT2D eigenvalue weighted by Crippen LogP contribution is -2.66. The summed E-state index contributed by atoms with van der Waals surface area (Å²) < 4.78 is 0. The maximum absolute atomic E-state index is 12.7. The number of nitrogens with one attached hydrogen (secondary N) is 1. The van der Waals surface area contributed by atoms with Gasteiger partial charge in [-0.25, -0.2) is 0 Å². The molecule has 4 nitrogen and oxygen atoms in total. The van der Waals surface area contributed by atoms with Crippen molar-refractivity contribution in [3.05, 3.63) is 0 Å². The monoisotopic (exact) mass is 282 g/mol. The van der Waals surface area contributed by atoms with Crippen LogP contribution in [-0.2, 0) is 9.59 Å². The molecule has 0 spiro atoms. The summed E-state index contributed by atoms with van der Waals surface area (Å²) in [4.78, 5) is 26.4. The first kappa shape index (κ1) is 17.0. The highest BCUT2D eigenvalue weighted by Crippen LogP contribution is 2.24. The zero-order valence-electron chi connectivity index (χ0n) is 13.5. The number of hydrogen-bond donors (Lipinski definition) is 1. The molecule has 20 heavy (non-hydrogen) atoms. The predicted molar refractivity (Wildman–Crippen MR) is 81.3 cm³/mol. The van der Waals surface area contributed by atoms with Crippen LogP contribution in [0.15, 0.2) is 0 Å². The Kier molecular flexibility index (Phi) is 6.50. The fourth-order valence-electron chi connectivity index (χ4n) is 3.01. The molecule has 0 radical (unpaired) electrons. The third-order valence-corrected chi connectivity index (χ3v) is 4.64. The van der Waals surface area contributed by atoms with Gasteiger partial charge in [0.05, 0.1) is 6.54 Å². The van der Waals surface area contributed by atoms with Gasteiger partial charge in [-0.1, -0.05) is 47.0 Å². The molecule has 0 aromatic heterocycles. The topological polar surface area (TPSA) is 49.4 Å². The van der Waals surface area contributed by atoms with E-state index in [1.54, 1.807) is 4.90 Å². The largest absolute Gasteiger partial charge is 0.340 e. The number of hydrogen-bond acceptors (Lipinski definition) is 2. The second kappa shape index (κ2) is 7.65. The van der Waals surface area contributed by atoms with E-state index in [-0.39, 0.29) is 18.4 Å². The van der Waals surface area contributed by atoms with Gasteiger partial charge in [0, 0.05) is 6.54 Å². The average Bonchev–Trinajstić information content (AvgIpc) is 2.46. The van der Waals surface area contributed by atoms with Crippen LogP contribution in [0.25, 0.3) is 0 Å². The number of unbranched alkanes of at least 4 members (excludes halogenated alkanes) is 1. The van der Waals surface area contributed by atoms with Crippen molar-refractivity contribution in [2.24, 2.45) is 5.92 Å². The lowest BCUT2D eigenvalue weighted by Gasteiger charge is -2.42. The Bertz CT molecular complexity index is 337. The van der Waals surface area contributed by atoms with Crippen molar-refractivity contribution in [2.75, 3.05) is 13.1 Å². The number of rotatable bonds is 8. The van der Waals surface area contributed by atoms with Crippen molar-refractivity contribution < 1.29 is 9.59 Å². The van der Waals surface area contributed by atoms with E-state index in [2.05, 4.69) is 19.2 Å². The highest BCUT2D eigenvalue weighted by atomic mass is 16.2. The van der Waals surface area contributed by atoms with Crippen LogP contribution in [-0.4, -0.2) is 35.3 Å². The summed E-state index contributed by atoms with van der Waals surface area (Å²) in [5, 5.41) is 2.91. The molecule has 0 aromatic carbocycles. The van der Waals surface area contributed by atoms with E-state index in [4.69, 9.17) is 0 Å². The Hall–Kier alpha value is -1.06.